The maximum Gasteiger partial charge on any atom is 0.325 e. The van der Waals surface area contributed by atoms with E-state index in [2.05, 4.69) is 0 Å². The zero-order chi connectivity index (χ0) is 13.6. The Labute approximate surface area is 114 Å². The van der Waals surface area contributed by atoms with Crippen LogP contribution in [0.4, 0.5) is 10.5 Å². The van der Waals surface area contributed by atoms with Crippen LogP contribution < -0.4 is 10.6 Å². The fourth-order valence-electron chi connectivity index (χ4n) is 2.47. The van der Waals surface area contributed by atoms with Crippen LogP contribution in [0.2, 0.25) is 0 Å². The highest BCUT2D eigenvalue weighted by Crippen LogP contribution is 2.42. The van der Waals surface area contributed by atoms with Crippen LogP contribution in [0.15, 0.2) is 23.1 Å². The van der Waals surface area contributed by atoms with Crippen LogP contribution in [-0.4, -0.2) is 46.8 Å². The SMILES string of the molecule is NC(=O)CN1CC2CSc3ccc(O)cc3N2C1=O. The molecule has 3 amide bonds. The van der Waals surface area contributed by atoms with E-state index < -0.39 is 5.91 Å². The van der Waals surface area contributed by atoms with E-state index in [9.17, 15) is 14.7 Å². The Morgan fingerprint density at radius 3 is 3.05 bits per heavy atom. The number of phenols is 1. The van der Waals surface area contributed by atoms with E-state index in [1.807, 2.05) is 0 Å². The fourth-order valence-corrected chi connectivity index (χ4v) is 3.57. The Kier molecular flexibility index (Phi) is 2.78. The molecule has 0 bridgehead atoms. The highest BCUT2D eigenvalue weighted by Gasteiger charge is 2.42. The second-order valence-electron chi connectivity index (χ2n) is 4.62. The number of amides is 3. The molecule has 6 nitrogen and oxygen atoms in total. The molecule has 3 N–H and O–H groups in total. The summed E-state index contributed by atoms with van der Waals surface area (Å²) in [5.74, 6) is 0.386. The van der Waals surface area contributed by atoms with Crippen molar-refractivity contribution in [3.05, 3.63) is 18.2 Å². The molecular formula is C12H13N3O3S. The number of primary amides is 1. The number of thioether (sulfide) groups is 1. The normalized spacial score (nSPS) is 21.3. The Morgan fingerprint density at radius 2 is 2.32 bits per heavy atom. The summed E-state index contributed by atoms with van der Waals surface area (Å²) in [6.45, 7) is 0.425. The number of hydrogen-bond donors (Lipinski definition) is 2. The van der Waals surface area contributed by atoms with Gasteiger partial charge in [0.05, 0.1) is 11.7 Å². The summed E-state index contributed by atoms with van der Waals surface area (Å²) in [5, 5.41) is 9.57. The van der Waals surface area contributed by atoms with Crippen molar-refractivity contribution in [1.29, 1.82) is 0 Å². The Morgan fingerprint density at radius 1 is 1.53 bits per heavy atom. The molecule has 1 fully saturated rings. The lowest BCUT2D eigenvalue weighted by atomic mass is 10.2. The highest BCUT2D eigenvalue weighted by atomic mass is 32.2. The number of phenolic OH excluding ortho intramolecular Hbond substituents is 1. The maximum atomic E-state index is 12.3. The van der Waals surface area contributed by atoms with Gasteiger partial charge in [-0.15, -0.1) is 11.8 Å². The van der Waals surface area contributed by atoms with Crippen molar-refractivity contribution < 1.29 is 14.7 Å². The topological polar surface area (TPSA) is 86.9 Å². The van der Waals surface area contributed by atoms with Crippen LogP contribution in [0.5, 0.6) is 5.75 Å². The van der Waals surface area contributed by atoms with Gasteiger partial charge in [0.2, 0.25) is 5.91 Å². The molecule has 2 aliphatic heterocycles. The summed E-state index contributed by atoms with van der Waals surface area (Å²) in [6.07, 6.45) is 0. The number of nitrogens with two attached hydrogens (primary N) is 1. The number of benzene rings is 1. The van der Waals surface area contributed by atoms with Crippen LogP contribution in [0.1, 0.15) is 0 Å². The number of rotatable bonds is 2. The summed E-state index contributed by atoms with van der Waals surface area (Å²) in [7, 11) is 0. The third-order valence-electron chi connectivity index (χ3n) is 3.25. The van der Waals surface area contributed by atoms with Crippen molar-refractivity contribution in [3.8, 4) is 5.75 Å². The number of hydrogen-bond acceptors (Lipinski definition) is 4. The van der Waals surface area contributed by atoms with Gasteiger partial charge in [-0.25, -0.2) is 4.79 Å². The molecular weight excluding hydrogens is 266 g/mol. The van der Waals surface area contributed by atoms with E-state index in [1.54, 1.807) is 34.9 Å². The average molecular weight is 279 g/mol. The van der Waals surface area contributed by atoms with Gasteiger partial charge in [-0.2, -0.15) is 0 Å². The standard InChI is InChI=1S/C12H13N3O3S/c13-11(17)5-14-4-7-6-19-10-2-1-8(16)3-9(10)15(7)12(14)18/h1-3,7,16H,4-6H2,(H2,13,17). The molecule has 0 aliphatic carbocycles. The van der Waals surface area contributed by atoms with Gasteiger partial charge in [0.15, 0.2) is 0 Å². The largest absolute Gasteiger partial charge is 0.508 e. The van der Waals surface area contributed by atoms with E-state index in [4.69, 9.17) is 5.73 Å². The molecule has 100 valence electrons. The number of anilines is 1. The molecule has 2 aliphatic rings. The number of carbonyl (C=O) groups excluding carboxylic acids is 2. The molecule has 0 aromatic heterocycles. The van der Waals surface area contributed by atoms with E-state index in [-0.39, 0.29) is 24.4 Å². The van der Waals surface area contributed by atoms with Crippen LogP contribution in [-0.2, 0) is 4.79 Å². The zero-order valence-electron chi connectivity index (χ0n) is 10.1. The Bertz CT molecular complexity index is 563. The van der Waals surface area contributed by atoms with Crippen molar-refractivity contribution in [3.63, 3.8) is 0 Å². The molecule has 1 saturated heterocycles. The number of urea groups is 1. The van der Waals surface area contributed by atoms with Crippen molar-refractivity contribution >= 4 is 29.4 Å². The summed E-state index contributed by atoms with van der Waals surface area (Å²) in [4.78, 5) is 27.3. The lowest BCUT2D eigenvalue weighted by Gasteiger charge is -2.29. The van der Waals surface area contributed by atoms with Crippen molar-refractivity contribution in [2.75, 3.05) is 23.7 Å². The first-order chi connectivity index (χ1) is 9.06. The zero-order valence-corrected chi connectivity index (χ0v) is 10.9. The lowest BCUT2D eigenvalue weighted by Crippen LogP contribution is -2.39. The minimum Gasteiger partial charge on any atom is -0.508 e. The number of carbonyl (C=O) groups is 2. The number of aromatic hydroxyl groups is 1. The van der Waals surface area contributed by atoms with E-state index >= 15 is 0 Å². The summed E-state index contributed by atoms with van der Waals surface area (Å²) >= 11 is 1.65. The first-order valence-electron chi connectivity index (χ1n) is 5.88. The fraction of sp³-hybridized carbons (Fsp3) is 0.333. The minimum absolute atomic E-state index is 0.0196. The van der Waals surface area contributed by atoms with Gasteiger partial charge >= 0.3 is 6.03 Å². The second-order valence-corrected chi connectivity index (χ2v) is 5.68. The predicted molar refractivity (Wildman–Crippen MR) is 71.3 cm³/mol. The number of nitrogens with zero attached hydrogens (tertiary/aromatic N) is 2. The van der Waals surface area contributed by atoms with Crippen LogP contribution in [0, 0.1) is 0 Å². The minimum atomic E-state index is -0.517. The molecule has 0 saturated carbocycles. The molecule has 1 aromatic carbocycles. The maximum absolute atomic E-state index is 12.3. The van der Waals surface area contributed by atoms with E-state index in [0.717, 1.165) is 10.6 Å². The molecule has 1 unspecified atom stereocenters. The molecule has 19 heavy (non-hydrogen) atoms. The Balaban J connectivity index is 1.95. The molecule has 7 heteroatoms. The van der Waals surface area contributed by atoms with Crippen molar-refractivity contribution in [2.24, 2.45) is 5.73 Å². The van der Waals surface area contributed by atoms with Crippen molar-refractivity contribution in [2.45, 2.75) is 10.9 Å². The molecule has 3 rings (SSSR count). The van der Waals surface area contributed by atoms with Crippen LogP contribution in [0.3, 0.4) is 0 Å². The van der Waals surface area contributed by atoms with Gasteiger partial charge in [0.1, 0.15) is 12.3 Å². The first-order valence-corrected chi connectivity index (χ1v) is 6.87. The average Bonchev–Trinajstić information content (AvgIpc) is 2.66. The van der Waals surface area contributed by atoms with E-state index in [1.165, 1.54) is 4.90 Å². The summed E-state index contributed by atoms with van der Waals surface area (Å²) < 4.78 is 0. The number of fused-ring (bicyclic) bond motifs is 3. The van der Waals surface area contributed by atoms with Crippen molar-refractivity contribution in [1.82, 2.24) is 4.90 Å². The van der Waals surface area contributed by atoms with Crippen LogP contribution >= 0.6 is 11.8 Å². The van der Waals surface area contributed by atoms with Gasteiger partial charge in [-0.3, -0.25) is 9.69 Å². The molecule has 1 atom stereocenters. The monoisotopic (exact) mass is 279 g/mol. The molecule has 1 aromatic rings. The van der Waals surface area contributed by atoms with Gasteiger partial charge in [-0.1, -0.05) is 0 Å². The third-order valence-corrected chi connectivity index (χ3v) is 4.46. The molecule has 2 heterocycles. The Hall–Kier alpha value is -1.89. The van der Waals surface area contributed by atoms with Crippen LogP contribution in [0.25, 0.3) is 0 Å². The van der Waals surface area contributed by atoms with Gasteiger partial charge in [0.25, 0.3) is 0 Å². The predicted octanol–water partition coefficient (Wildman–Crippen LogP) is 0.594. The second kappa shape index (κ2) is 4.34. The first kappa shape index (κ1) is 12.2. The quantitative estimate of drug-likeness (QED) is 0.829. The highest BCUT2D eigenvalue weighted by molar-refractivity contribution is 7.99. The molecule has 0 spiro atoms. The summed E-state index contributed by atoms with van der Waals surface area (Å²) in [5.41, 5.74) is 5.85. The smallest absolute Gasteiger partial charge is 0.325 e. The van der Waals surface area contributed by atoms with E-state index in [0.29, 0.717) is 12.2 Å². The van der Waals surface area contributed by atoms with Gasteiger partial charge < -0.3 is 15.7 Å². The van der Waals surface area contributed by atoms with Gasteiger partial charge in [0, 0.05) is 23.3 Å². The summed E-state index contributed by atoms with van der Waals surface area (Å²) in [6, 6.07) is 4.78. The molecule has 0 radical (unpaired) electrons. The third kappa shape index (κ3) is 1.99. The van der Waals surface area contributed by atoms with Gasteiger partial charge in [-0.05, 0) is 12.1 Å². The lowest BCUT2D eigenvalue weighted by molar-refractivity contribution is -0.118.